The van der Waals surface area contributed by atoms with Crippen molar-refractivity contribution in [2.24, 2.45) is 0 Å². The van der Waals surface area contributed by atoms with Crippen molar-refractivity contribution in [1.82, 2.24) is 15.5 Å². The molecule has 3 aromatic rings. The van der Waals surface area contributed by atoms with Gasteiger partial charge in [0.25, 0.3) is 0 Å². The van der Waals surface area contributed by atoms with Crippen molar-refractivity contribution < 1.29 is 24.2 Å². The van der Waals surface area contributed by atoms with Crippen LogP contribution in [-0.4, -0.2) is 45.9 Å². The molecule has 1 aromatic heterocycles. The van der Waals surface area contributed by atoms with Gasteiger partial charge in [-0.2, -0.15) is 5.10 Å². The maximum Gasteiger partial charge on any atom is 0.407 e. The molecule has 1 atom stereocenters. The number of aromatic nitrogens is 2. The number of carbonyl (C=O) groups is 3. The van der Waals surface area contributed by atoms with Crippen LogP contribution >= 0.6 is 0 Å². The summed E-state index contributed by atoms with van der Waals surface area (Å²) in [6, 6.07) is 16.2. The van der Waals surface area contributed by atoms with Crippen LogP contribution in [0.1, 0.15) is 49.9 Å². The zero-order valence-corrected chi connectivity index (χ0v) is 19.8. The first-order valence-corrected chi connectivity index (χ1v) is 11.3. The number of amides is 2. The third-order valence-electron chi connectivity index (χ3n) is 5.97. The molecule has 0 spiro atoms. The minimum absolute atomic E-state index is 0.0512. The van der Waals surface area contributed by atoms with E-state index in [1.54, 1.807) is 6.07 Å². The van der Waals surface area contributed by atoms with Gasteiger partial charge >= 0.3 is 12.1 Å². The van der Waals surface area contributed by atoms with Gasteiger partial charge in [-0.05, 0) is 22.3 Å². The molecule has 2 amide bonds. The van der Waals surface area contributed by atoms with Crippen molar-refractivity contribution >= 4 is 23.8 Å². The first kappa shape index (κ1) is 24.0. The van der Waals surface area contributed by atoms with Gasteiger partial charge in [-0.15, -0.1) is 0 Å². The number of carboxylic acids is 1. The Kier molecular flexibility index (Phi) is 6.59. The second-order valence-corrected chi connectivity index (χ2v) is 9.53. The number of alkyl carbamates (subject to hydrolysis) is 1. The number of nitrogens with one attached hydrogen (secondary N) is 3. The van der Waals surface area contributed by atoms with Crippen LogP contribution in [0.15, 0.2) is 54.6 Å². The molecule has 1 aliphatic carbocycles. The van der Waals surface area contributed by atoms with Crippen LogP contribution in [0.25, 0.3) is 11.1 Å². The van der Waals surface area contributed by atoms with Gasteiger partial charge in [0.15, 0.2) is 5.82 Å². The van der Waals surface area contributed by atoms with E-state index in [0.717, 1.165) is 27.9 Å². The number of rotatable bonds is 7. The Hall–Kier alpha value is -4.14. The molecular weight excluding hydrogens is 448 g/mol. The van der Waals surface area contributed by atoms with Crippen LogP contribution in [0.2, 0.25) is 0 Å². The summed E-state index contributed by atoms with van der Waals surface area (Å²) in [5.41, 5.74) is 4.87. The van der Waals surface area contributed by atoms with Gasteiger partial charge in [-0.1, -0.05) is 69.3 Å². The summed E-state index contributed by atoms with van der Waals surface area (Å²) in [6.45, 7) is 6.00. The van der Waals surface area contributed by atoms with E-state index < -0.39 is 30.4 Å². The lowest BCUT2D eigenvalue weighted by Gasteiger charge is -2.18. The number of nitrogens with zero attached hydrogens (tertiary/aromatic N) is 1. The Labute approximate surface area is 202 Å². The summed E-state index contributed by atoms with van der Waals surface area (Å²) in [4.78, 5) is 36.6. The van der Waals surface area contributed by atoms with E-state index in [1.165, 1.54) is 0 Å². The molecule has 0 bridgehead atoms. The van der Waals surface area contributed by atoms with E-state index in [9.17, 15) is 19.5 Å². The lowest BCUT2D eigenvalue weighted by atomic mass is 9.92. The lowest BCUT2D eigenvalue weighted by molar-refractivity contribution is -0.139. The first-order chi connectivity index (χ1) is 16.6. The number of hydrogen-bond acceptors (Lipinski definition) is 5. The largest absolute Gasteiger partial charge is 0.481 e. The zero-order valence-electron chi connectivity index (χ0n) is 19.8. The molecule has 182 valence electrons. The highest BCUT2D eigenvalue weighted by atomic mass is 16.5. The highest BCUT2D eigenvalue weighted by molar-refractivity contribution is 5.98. The normalized spacial score (nSPS) is 13.5. The van der Waals surface area contributed by atoms with Gasteiger partial charge < -0.3 is 20.5 Å². The van der Waals surface area contributed by atoms with E-state index in [4.69, 9.17) is 4.74 Å². The van der Waals surface area contributed by atoms with Gasteiger partial charge in [-0.25, -0.2) is 4.79 Å². The Morgan fingerprint density at radius 1 is 1.06 bits per heavy atom. The summed E-state index contributed by atoms with van der Waals surface area (Å²) in [5, 5.41) is 21.1. The quantitative estimate of drug-likeness (QED) is 0.407. The molecule has 4 rings (SSSR count). The maximum absolute atomic E-state index is 12.7. The number of anilines is 1. The average Bonchev–Trinajstić information content (AvgIpc) is 3.40. The van der Waals surface area contributed by atoms with Crippen molar-refractivity contribution in [3.8, 4) is 11.1 Å². The van der Waals surface area contributed by atoms with Gasteiger partial charge in [-0.3, -0.25) is 14.7 Å². The Balaban J connectivity index is 1.41. The Morgan fingerprint density at radius 3 is 2.20 bits per heavy atom. The lowest BCUT2D eigenvalue weighted by Crippen LogP contribution is -2.45. The molecule has 1 aliphatic rings. The van der Waals surface area contributed by atoms with Crippen molar-refractivity contribution in [3.05, 3.63) is 71.4 Å². The van der Waals surface area contributed by atoms with Gasteiger partial charge in [0.1, 0.15) is 12.6 Å². The fraction of sp³-hybridized carbons (Fsp3) is 0.308. The van der Waals surface area contributed by atoms with Crippen LogP contribution in [0.4, 0.5) is 10.6 Å². The number of fused-ring (bicyclic) bond motifs is 3. The predicted octanol–water partition coefficient (Wildman–Crippen LogP) is 4.03. The molecule has 0 radical (unpaired) electrons. The molecule has 0 saturated carbocycles. The molecule has 1 unspecified atom stereocenters. The van der Waals surface area contributed by atoms with Crippen LogP contribution in [0.5, 0.6) is 0 Å². The van der Waals surface area contributed by atoms with E-state index in [-0.39, 0.29) is 23.8 Å². The topological polar surface area (TPSA) is 133 Å². The minimum atomic E-state index is -1.34. The minimum Gasteiger partial charge on any atom is -0.481 e. The van der Waals surface area contributed by atoms with Crippen LogP contribution < -0.4 is 10.6 Å². The number of carboxylic acid groups (broad SMARTS) is 1. The molecule has 9 heteroatoms. The third-order valence-corrected chi connectivity index (χ3v) is 5.97. The number of aliphatic carboxylic acids is 1. The number of benzene rings is 2. The molecule has 2 aromatic carbocycles. The van der Waals surface area contributed by atoms with Gasteiger partial charge in [0, 0.05) is 23.1 Å². The summed E-state index contributed by atoms with van der Waals surface area (Å²) in [5.74, 6) is -1.85. The van der Waals surface area contributed by atoms with Crippen LogP contribution in [-0.2, 0) is 19.7 Å². The summed E-state index contributed by atoms with van der Waals surface area (Å²) >= 11 is 0. The van der Waals surface area contributed by atoms with E-state index in [0.29, 0.717) is 0 Å². The fourth-order valence-electron chi connectivity index (χ4n) is 4.15. The van der Waals surface area contributed by atoms with Crippen molar-refractivity contribution in [2.45, 2.75) is 44.6 Å². The van der Waals surface area contributed by atoms with E-state index in [2.05, 4.69) is 20.8 Å². The molecule has 4 N–H and O–H groups in total. The Morgan fingerprint density at radius 2 is 1.66 bits per heavy atom. The number of ether oxygens (including phenoxy) is 1. The van der Waals surface area contributed by atoms with Crippen LogP contribution in [0, 0.1) is 0 Å². The zero-order chi connectivity index (χ0) is 25.2. The molecule has 1 heterocycles. The van der Waals surface area contributed by atoms with Crippen LogP contribution in [0.3, 0.4) is 0 Å². The molecule has 9 nitrogen and oxygen atoms in total. The number of hydrogen-bond donors (Lipinski definition) is 4. The number of carbonyl (C=O) groups excluding carboxylic acids is 2. The van der Waals surface area contributed by atoms with E-state index >= 15 is 0 Å². The first-order valence-electron chi connectivity index (χ1n) is 11.3. The second kappa shape index (κ2) is 9.61. The fourth-order valence-corrected chi connectivity index (χ4v) is 4.15. The highest BCUT2D eigenvalue weighted by Gasteiger charge is 2.30. The summed E-state index contributed by atoms with van der Waals surface area (Å²) in [7, 11) is 0. The van der Waals surface area contributed by atoms with Gasteiger partial charge in [0.2, 0.25) is 5.91 Å². The monoisotopic (exact) mass is 476 g/mol. The molecule has 0 fully saturated rings. The second-order valence-electron chi connectivity index (χ2n) is 9.53. The number of H-pyrrole nitrogens is 1. The summed E-state index contributed by atoms with van der Waals surface area (Å²) in [6.07, 6.45) is -1.47. The smallest absolute Gasteiger partial charge is 0.407 e. The average molecular weight is 477 g/mol. The predicted molar refractivity (Wildman–Crippen MR) is 130 cm³/mol. The standard InChI is InChI=1S/C26H28N4O5/c1-26(2,3)21-13-22(30-29-21)28-24(33)20(12-23(31)32)27-25(34)35-14-19-17-10-6-4-8-15(17)16-9-5-7-11-18(16)19/h4-11,13,19-20H,12,14H2,1-3H3,(H,27,34)(H,31,32)(H2,28,29,30,33). The van der Waals surface area contributed by atoms with Crippen molar-refractivity contribution in [3.63, 3.8) is 0 Å². The third kappa shape index (κ3) is 5.34. The SMILES string of the molecule is CC(C)(C)c1cc(NC(=O)C(CC(=O)O)NC(=O)OCC2c3ccccc3-c3ccccc32)n[nH]1. The Bertz CT molecular complexity index is 1210. The van der Waals surface area contributed by atoms with Gasteiger partial charge in [0.05, 0.1) is 6.42 Å². The van der Waals surface area contributed by atoms with Crippen molar-refractivity contribution in [1.29, 1.82) is 0 Å². The highest BCUT2D eigenvalue weighted by Crippen LogP contribution is 2.44. The maximum atomic E-state index is 12.7. The molecule has 0 saturated heterocycles. The van der Waals surface area contributed by atoms with Crippen molar-refractivity contribution in [2.75, 3.05) is 11.9 Å². The molecular formula is C26H28N4O5. The molecule has 35 heavy (non-hydrogen) atoms. The molecule has 0 aliphatic heterocycles. The number of aromatic amines is 1. The summed E-state index contributed by atoms with van der Waals surface area (Å²) < 4.78 is 5.46. The van der Waals surface area contributed by atoms with E-state index in [1.807, 2.05) is 69.3 Å².